The van der Waals surface area contributed by atoms with E-state index in [1.165, 1.54) is 6.07 Å². The minimum absolute atomic E-state index is 0.00960. The number of piperidine rings is 1. The zero-order valence-corrected chi connectivity index (χ0v) is 21.0. The van der Waals surface area contributed by atoms with Crippen molar-refractivity contribution in [2.24, 2.45) is 5.92 Å². The molecule has 2 aliphatic rings. The first-order valence-corrected chi connectivity index (χ1v) is 12.6. The molecule has 1 aromatic heterocycles. The van der Waals surface area contributed by atoms with Crippen molar-refractivity contribution >= 4 is 11.8 Å². The minimum Gasteiger partial charge on any atom is -0.460 e. The molecule has 0 radical (unpaired) electrons. The van der Waals surface area contributed by atoms with Gasteiger partial charge in [-0.1, -0.05) is 32.9 Å². The maximum absolute atomic E-state index is 13.3. The fourth-order valence-corrected chi connectivity index (χ4v) is 5.32. The molecule has 2 amide bonds. The number of hydrogen-bond donors (Lipinski definition) is 1. The predicted octanol–water partition coefficient (Wildman–Crippen LogP) is 5.08. The van der Waals surface area contributed by atoms with Gasteiger partial charge in [0.2, 0.25) is 11.8 Å². The molecule has 0 aliphatic carbocycles. The van der Waals surface area contributed by atoms with Crippen LogP contribution in [0.1, 0.15) is 57.8 Å². The number of halogens is 3. The average molecular weight is 506 g/mol. The van der Waals surface area contributed by atoms with Crippen molar-refractivity contribution < 1.29 is 27.2 Å². The molecule has 0 saturated carbocycles. The van der Waals surface area contributed by atoms with E-state index in [-0.39, 0.29) is 11.8 Å². The van der Waals surface area contributed by atoms with Gasteiger partial charge in [-0.25, -0.2) is 0 Å². The van der Waals surface area contributed by atoms with Gasteiger partial charge in [-0.15, -0.1) is 0 Å². The zero-order valence-electron chi connectivity index (χ0n) is 21.0. The second-order valence-corrected chi connectivity index (χ2v) is 10.3. The summed E-state index contributed by atoms with van der Waals surface area (Å²) in [6, 6.07) is 8.07. The van der Waals surface area contributed by atoms with Gasteiger partial charge in [0.1, 0.15) is 23.1 Å². The van der Waals surface area contributed by atoms with Gasteiger partial charge in [0, 0.05) is 25.2 Å². The number of piperazine rings is 1. The van der Waals surface area contributed by atoms with E-state index in [2.05, 4.69) is 10.2 Å². The van der Waals surface area contributed by atoms with Gasteiger partial charge in [-0.3, -0.25) is 14.5 Å². The lowest BCUT2D eigenvalue weighted by molar-refractivity contribution is -0.161. The summed E-state index contributed by atoms with van der Waals surface area (Å²) in [5.74, 6) is 1.27. The van der Waals surface area contributed by atoms with E-state index in [0.29, 0.717) is 68.4 Å². The number of furan rings is 1. The number of likely N-dealkylation sites (tertiary alicyclic amines) is 1. The van der Waals surface area contributed by atoms with E-state index in [9.17, 15) is 22.8 Å². The summed E-state index contributed by atoms with van der Waals surface area (Å²) in [4.78, 5) is 30.5. The van der Waals surface area contributed by atoms with Crippen molar-refractivity contribution in [2.45, 2.75) is 70.8 Å². The molecule has 36 heavy (non-hydrogen) atoms. The van der Waals surface area contributed by atoms with Crippen LogP contribution in [-0.2, 0) is 22.3 Å². The topological polar surface area (TPSA) is 65.8 Å². The van der Waals surface area contributed by atoms with Crippen LogP contribution >= 0.6 is 0 Å². The van der Waals surface area contributed by atoms with Crippen molar-refractivity contribution in [3.05, 3.63) is 47.7 Å². The van der Waals surface area contributed by atoms with E-state index in [1.54, 1.807) is 18.2 Å². The number of alkyl halides is 3. The Labute approximate surface area is 209 Å². The number of nitrogens with one attached hydrogen (secondary N) is 1. The third-order valence-electron chi connectivity index (χ3n) is 7.16. The van der Waals surface area contributed by atoms with Crippen molar-refractivity contribution in [1.29, 1.82) is 0 Å². The molecule has 2 fully saturated rings. The highest BCUT2D eigenvalue weighted by atomic mass is 19.4. The first-order valence-electron chi connectivity index (χ1n) is 12.6. The Hall–Kier alpha value is -2.81. The summed E-state index contributed by atoms with van der Waals surface area (Å²) in [7, 11) is 0. The van der Waals surface area contributed by atoms with Crippen LogP contribution in [-0.4, -0.2) is 52.8 Å². The maximum atomic E-state index is 13.3. The largest absolute Gasteiger partial charge is 0.460 e. The smallest absolute Gasteiger partial charge is 0.416 e. The molecule has 0 bridgehead atoms. The van der Waals surface area contributed by atoms with Crippen LogP contribution in [0.3, 0.4) is 0 Å². The number of nitrogens with zero attached hydrogens (tertiary/aromatic N) is 2. The molecular weight excluding hydrogens is 471 g/mol. The van der Waals surface area contributed by atoms with Gasteiger partial charge in [-0.2, -0.15) is 13.2 Å². The van der Waals surface area contributed by atoms with Crippen LogP contribution in [0.25, 0.3) is 11.3 Å². The SMILES string of the molecule is CCCN1C(=O)C(CC(C)C)NC(=O)C12CCN(Cc1ccc(-c3cccc(C(F)(F)F)c3)o1)CC2. The molecule has 2 aliphatic heterocycles. The van der Waals surface area contributed by atoms with Crippen LogP contribution < -0.4 is 5.32 Å². The molecule has 196 valence electrons. The first kappa shape index (κ1) is 26.3. The Kier molecular flexibility index (Phi) is 7.50. The molecule has 2 aromatic rings. The molecular formula is C27H34F3N3O3. The van der Waals surface area contributed by atoms with E-state index >= 15 is 0 Å². The molecule has 1 N–H and O–H groups in total. The lowest BCUT2D eigenvalue weighted by Crippen LogP contribution is -2.73. The van der Waals surface area contributed by atoms with E-state index in [1.807, 2.05) is 25.7 Å². The molecule has 1 unspecified atom stereocenters. The van der Waals surface area contributed by atoms with Crippen LogP contribution in [0.5, 0.6) is 0 Å². The van der Waals surface area contributed by atoms with Gasteiger partial charge < -0.3 is 14.6 Å². The highest BCUT2D eigenvalue weighted by Crippen LogP contribution is 2.36. The summed E-state index contributed by atoms with van der Waals surface area (Å²) in [5.41, 5.74) is -1.17. The highest BCUT2D eigenvalue weighted by molar-refractivity contribution is 6.00. The minimum atomic E-state index is -4.41. The third kappa shape index (κ3) is 5.31. The number of carbonyl (C=O) groups is 2. The second kappa shape index (κ2) is 10.3. The molecule has 1 aromatic carbocycles. The van der Waals surface area contributed by atoms with Crippen molar-refractivity contribution in [1.82, 2.24) is 15.1 Å². The molecule has 1 spiro atoms. The average Bonchev–Trinajstić information content (AvgIpc) is 3.29. The quantitative estimate of drug-likeness (QED) is 0.570. The Morgan fingerprint density at radius 3 is 2.50 bits per heavy atom. The number of amides is 2. The van der Waals surface area contributed by atoms with Gasteiger partial charge in [0.05, 0.1) is 12.1 Å². The van der Waals surface area contributed by atoms with Gasteiger partial charge in [0.25, 0.3) is 0 Å². The van der Waals surface area contributed by atoms with Crippen molar-refractivity contribution in [2.75, 3.05) is 19.6 Å². The predicted molar refractivity (Wildman–Crippen MR) is 130 cm³/mol. The normalized spacial score (nSPS) is 20.9. The summed E-state index contributed by atoms with van der Waals surface area (Å²) >= 11 is 0. The van der Waals surface area contributed by atoms with E-state index in [4.69, 9.17) is 4.42 Å². The van der Waals surface area contributed by atoms with Crippen LogP contribution in [0.4, 0.5) is 13.2 Å². The molecule has 1 atom stereocenters. The Morgan fingerprint density at radius 2 is 1.86 bits per heavy atom. The molecule has 2 saturated heterocycles. The van der Waals surface area contributed by atoms with Gasteiger partial charge in [0.15, 0.2) is 0 Å². The van der Waals surface area contributed by atoms with Crippen LogP contribution in [0, 0.1) is 5.92 Å². The number of benzene rings is 1. The summed E-state index contributed by atoms with van der Waals surface area (Å²) < 4.78 is 45.1. The van der Waals surface area contributed by atoms with E-state index in [0.717, 1.165) is 18.6 Å². The summed E-state index contributed by atoms with van der Waals surface area (Å²) in [6.07, 6.45) is -1.95. The Balaban J connectivity index is 1.43. The fraction of sp³-hybridized carbons (Fsp3) is 0.556. The number of hydrogen-bond acceptors (Lipinski definition) is 4. The lowest BCUT2D eigenvalue weighted by Gasteiger charge is -2.51. The number of carbonyl (C=O) groups excluding carboxylic acids is 2. The monoisotopic (exact) mass is 505 g/mol. The molecule has 3 heterocycles. The third-order valence-corrected chi connectivity index (χ3v) is 7.16. The standard InChI is InChI=1S/C27H34F3N3O3/c1-4-12-33-24(34)22(15-18(2)3)31-25(35)26(33)10-13-32(14-11-26)17-21-8-9-23(36-21)19-6-5-7-20(16-19)27(28,29)30/h5-9,16,18,22H,4,10-15,17H2,1-3H3,(H,31,35). The molecule has 9 heteroatoms. The van der Waals surface area contributed by atoms with E-state index < -0.39 is 23.3 Å². The van der Waals surface area contributed by atoms with Crippen molar-refractivity contribution in [3.8, 4) is 11.3 Å². The van der Waals surface area contributed by atoms with Crippen LogP contribution in [0.2, 0.25) is 0 Å². The number of rotatable bonds is 7. The first-order chi connectivity index (χ1) is 17.0. The van der Waals surface area contributed by atoms with Crippen LogP contribution in [0.15, 0.2) is 40.8 Å². The maximum Gasteiger partial charge on any atom is 0.416 e. The zero-order chi connectivity index (χ0) is 26.1. The molecule has 4 rings (SSSR count). The summed E-state index contributed by atoms with van der Waals surface area (Å²) in [6.45, 7) is 8.34. The van der Waals surface area contributed by atoms with Crippen molar-refractivity contribution in [3.63, 3.8) is 0 Å². The lowest BCUT2D eigenvalue weighted by atomic mass is 9.81. The second-order valence-electron chi connectivity index (χ2n) is 10.3. The Bertz CT molecular complexity index is 1090. The molecule has 6 nitrogen and oxygen atoms in total. The van der Waals surface area contributed by atoms with Gasteiger partial charge in [-0.05, 0) is 55.9 Å². The Morgan fingerprint density at radius 1 is 1.14 bits per heavy atom. The highest BCUT2D eigenvalue weighted by Gasteiger charge is 2.53. The fourth-order valence-electron chi connectivity index (χ4n) is 5.32. The van der Waals surface area contributed by atoms with Gasteiger partial charge >= 0.3 is 6.18 Å². The summed E-state index contributed by atoms with van der Waals surface area (Å²) in [5, 5.41) is 3.00.